The van der Waals surface area contributed by atoms with Gasteiger partial charge in [-0.15, -0.1) is 0 Å². The van der Waals surface area contributed by atoms with Gasteiger partial charge < -0.3 is 40.1 Å². The minimum absolute atomic E-state index is 0.0412. The third kappa shape index (κ3) is 7.38. The number of carbonyl (C=O) groups excluding carboxylic acids is 2. The number of carboxylic acid groups (broad SMARTS) is 2. The van der Waals surface area contributed by atoms with E-state index in [0.717, 1.165) is 0 Å². The summed E-state index contributed by atoms with van der Waals surface area (Å²) in [6.45, 7) is 2.69. The number of carbonyl (C=O) groups is 4. The van der Waals surface area contributed by atoms with Gasteiger partial charge in [-0.25, -0.2) is 19.2 Å². The lowest BCUT2D eigenvalue weighted by atomic mass is 9.94. The van der Waals surface area contributed by atoms with Crippen LogP contribution in [0.1, 0.15) is 39.5 Å². The molecule has 0 aliphatic heterocycles. The fourth-order valence-electron chi connectivity index (χ4n) is 2.09. The Bertz CT molecular complexity index is 562. The Labute approximate surface area is 160 Å². The smallest absolute Gasteiger partial charge is 0.339 e. The molecular weight excluding hydrogens is 384 g/mol. The summed E-state index contributed by atoms with van der Waals surface area (Å²) in [5.74, 6) is -6.65. The molecule has 0 heterocycles. The molecule has 0 aliphatic carbocycles. The molecule has 12 nitrogen and oxygen atoms in total. The lowest BCUT2D eigenvalue weighted by molar-refractivity contribution is -0.193. The fourth-order valence-corrected chi connectivity index (χ4v) is 2.09. The molecule has 0 saturated heterocycles. The van der Waals surface area contributed by atoms with Crippen LogP contribution in [0.2, 0.25) is 0 Å². The highest BCUT2D eigenvalue weighted by Crippen LogP contribution is 2.25. The predicted molar refractivity (Wildman–Crippen MR) is 88.9 cm³/mol. The van der Waals surface area contributed by atoms with Gasteiger partial charge in [0.2, 0.25) is 0 Å². The normalized spacial score (nSPS) is 17.5. The zero-order valence-electron chi connectivity index (χ0n) is 15.5. The zero-order chi connectivity index (χ0) is 22.1. The second-order valence-corrected chi connectivity index (χ2v) is 6.12. The van der Waals surface area contributed by atoms with Crippen molar-refractivity contribution in [3.8, 4) is 0 Å². The maximum atomic E-state index is 12.0. The highest BCUT2D eigenvalue weighted by atomic mass is 16.6. The molecule has 162 valence electrons. The Morgan fingerprint density at radius 2 is 1.29 bits per heavy atom. The molecule has 5 atom stereocenters. The monoisotopic (exact) mass is 410 g/mol. The van der Waals surface area contributed by atoms with Gasteiger partial charge in [0.15, 0.2) is 24.4 Å². The van der Waals surface area contributed by atoms with Gasteiger partial charge in [-0.2, -0.15) is 0 Å². The van der Waals surface area contributed by atoms with Crippen LogP contribution < -0.4 is 0 Å². The van der Waals surface area contributed by atoms with Crippen LogP contribution in [0.25, 0.3) is 0 Å². The Kier molecular flexibility index (Phi) is 10.6. The number of carboxylic acids is 2. The maximum absolute atomic E-state index is 12.0. The van der Waals surface area contributed by atoms with Gasteiger partial charge in [-0.1, -0.05) is 20.3 Å². The lowest BCUT2D eigenvalue weighted by Gasteiger charge is -2.33. The summed E-state index contributed by atoms with van der Waals surface area (Å²) in [6, 6.07) is 0. The van der Waals surface area contributed by atoms with Gasteiger partial charge in [0.05, 0.1) is 0 Å². The molecule has 0 fully saturated rings. The van der Waals surface area contributed by atoms with Crippen LogP contribution in [-0.2, 0) is 28.7 Å². The second-order valence-electron chi connectivity index (χ2n) is 6.12. The first-order valence-electron chi connectivity index (χ1n) is 8.49. The van der Waals surface area contributed by atoms with Gasteiger partial charge in [-0.05, 0) is 19.3 Å². The van der Waals surface area contributed by atoms with Gasteiger partial charge in [0.25, 0.3) is 0 Å². The van der Waals surface area contributed by atoms with Crippen molar-refractivity contribution in [3.05, 3.63) is 0 Å². The summed E-state index contributed by atoms with van der Waals surface area (Å²) in [4.78, 5) is 45.0. The molecule has 0 radical (unpaired) electrons. The highest BCUT2D eigenvalue weighted by Gasteiger charge is 2.40. The van der Waals surface area contributed by atoms with Crippen LogP contribution >= 0.6 is 0 Å². The van der Waals surface area contributed by atoms with E-state index in [9.17, 15) is 39.6 Å². The first kappa shape index (κ1) is 25.7. The first-order valence-corrected chi connectivity index (χ1v) is 8.49. The summed E-state index contributed by atoms with van der Waals surface area (Å²) in [5, 5.41) is 54.7. The van der Waals surface area contributed by atoms with Crippen LogP contribution in [0.4, 0.5) is 0 Å². The third-order valence-electron chi connectivity index (χ3n) is 4.01. The molecule has 0 aromatic rings. The number of hydrogen-bond donors (Lipinski definition) is 6. The van der Waals surface area contributed by atoms with Crippen molar-refractivity contribution in [1.29, 1.82) is 0 Å². The second kappa shape index (κ2) is 11.5. The van der Waals surface area contributed by atoms with Crippen molar-refractivity contribution in [2.24, 2.45) is 0 Å². The van der Waals surface area contributed by atoms with Crippen LogP contribution in [0, 0.1) is 0 Å². The van der Waals surface area contributed by atoms with Crippen molar-refractivity contribution < 1.29 is 59.3 Å². The van der Waals surface area contributed by atoms with E-state index in [4.69, 9.17) is 19.7 Å². The maximum Gasteiger partial charge on any atom is 0.339 e. The summed E-state index contributed by atoms with van der Waals surface area (Å²) in [6.07, 6.45) is -8.36. The van der Waals surface area contributed by atoms with E-state index in [1.807, 2.05) is 6.92 Å². The number of esters is 2. The number of ether oxygens (including phenoxy) is 2. The van der Waals surface area contributed by atoms with Crippen LogP contribution in [0.15, 0.2) is 0 Å². The van der Waals surface area contributed by atoms with E-state index in [1.165, 1.54) is 0 Å². The summed E-state index contributed by atoms with van der Waals surface area (Å²) < 4.78 is 9.88. The highest BCUT2D eigenvalue weighted by molar-refractivity contribution is 5.85. The number of aliphatic hydroxyl groups excluding tert-OH is 4. The average molecular weight is 410 g/mol. The number of unbranched alkanes of at least 4 members (excludes halogenated alkanes) is 1. The van der Waals surface area contributed by atoms with Gasteiger partial charge in [-0.3, -0.25) is 0 Å². The molecule has 0 bridgehead atoms. The van der Waals surface area contributed by atoms with Crippen molar-refractivity contribution in [2.45, 2.75) is 69.5 Å². The molecule has 6 N–H and O–H groups in total. The van der Waals surface area contributed by atoms with Crippen molar-refractivity contribution in [3.63, 3.8) is 0 Å². The molecule has 0 spiro atoms. The number of rotatable bonds is 13. The third-order valence-corrected chi connectivity index (χ3v) is 4.01. The van der Waals surface area contributed by atoms with Crippen molar-refractivity contribution in [1.82, 2.24) is 0 Å². The summed E-state index contributed by atoms with van der Waals surface area (Å²) in [5.41, 5.74) is -1.53. The van der Waals surface area contributed by atoms with E-state index in [1.54, 1.807) is 6.92 Å². The molecule has 5 unspecified atom stereocenters. The Balaban J connectivity index is 5.29. The quantitative estimate of drug-likeness (QED) is 0.183. The Morgan fingerprint density at radius 3 is 1.68 bits per heavy atom. The molecule has 0 aliphatic rings. The fraction of sp³-hybridized carbons (Fsp3) is 0.750. The standard InChI is InChI=1S/C16H26O12/c1-3-5-6-16(4-2,28-15(26)11(20)9(18)13(23)24)7-27-14(25)10(19)8(17)12(21)22/h8-11,17-20H,3-7H2,1-2H3,(H,21,22)(H,23,24). The first-order chi connectivity index (χ1) is 12.9. The van der Waals surface area contributed by atoms with Crippen molar-refractivity contribution in [2.75, 3.05) is 6.61 Å². The number of aliphatic hydroxyl groups is 4. The van der Waals surface area contributed by atoms with Gasteiger partial charge in [0.1, 0.15) is 12.2 Å². The topological polar surface area (TPSA) is 208 Å². The zero-order valence-corrected chi connectivity index (χ0v) is 15.5. The van der Waals surface area contributed by atoms with Crippen LogP contribution in [0.5, 0.6) is 0 Å². The minimum Gasteiger partial charge on any atom is -0.479 e. The van der Waals surface area contributed by atoms with E-state index in [0.29, 0.717) is 12.8 Å². The molecule has 0 aromatic heterocycles. The molecule has 0 aromatic carbocycles. The van der Waals surface area contributed by atoms with E-state index < -0.39 is 60.5 Å². The van der Waals surface area contributed by atoms with E-state index in [-0.39, 0.29) is 12.8 Å². The SMILES string of the molecule is CCCCC(CC)(COC(=O)C(O)C(O)C(=O)O)OC(=O)C(O)C(O)C(=O)O. The minimum atomic E-state index is -2.43. The molecule has 12 heteroatoms. The lowest BCUT2D eigenvalue weighted by Crippen LogP contribution is -2.48. The van der Waals surface area contributed by atoms with Crippen molar-refractivity contribution >= 4 is 23.9 Å². The Morgan fingerprint density at radius 1 is 0.821 bits per heavy atom. The average Bonchev–Trinajstić information content (AvgIpc) is 2.66. The number of aliphatic carboxylic acids is 2. The van der Waals surface area contributed by atoms with Crippen LogP contribution in [0.3, 0.4) is 0 Å². The molecule has 0 amide bonds. The molecular formula is C16H26O12. The predicted octanol–water partition coefficient (Wildman–Crippen LogP) is -1.98. The van der Waals surface area contributed by atoms with E-state index in [2.05, 4.69) is 0 Å². The number of hydrogen-bond acceptors (Lipinski definition) is 10. The van der Waals surface area contributed by atoms with Gasteiger partial charge in [0, 0.05) is 0 Å². The Hall–Kier alpha value is -2.28. The van der Waals surface area contributed by atoms with Gasteiger partial charge >= 0.3 is 23.9 Å². The van der Waals surface area contributed by atoms with Crippen LogP contribution in [-0.4, -0.2) is 91.1 Å². The summed E-state index contributed by atoms with van der Waals surface area (Å²) in [7, 11) is 0. The molecule has 0 rings (SSSR count). The molecule has 0 saturated carbocycles. The molecule has 28 heavy (non-hydrogen) atoms. The van der Waals surface area contributed by atoms with E-state index >= 15 is 0 Å². The largest absolute Gasteiger partial charge is 0.479 e. The summed E-state index contributed by atoms with van der Waals surface area (Å²) >= 11 is 0.